The average molecular weight is 719 g/mol. The van der Waals surface area contributed by atoms with Crippen LogP contribution in [0.3, 0.4) is 0 Å². The normalized spacial score (nSPS) is 15.7. The van der Waals surface area contributed by atoms with E-state index in [4.69, 9.17) is 19.9 Å². The lowest BCUT2D eigenvalue weighted by Crippen LogP contribution is -2.54. The van der Waals surface area contributed by atoms with Crippen molar-refractivity contribution in [2.24, 2.45) is 28.9 Å². The van der Waals surface area contributed by atoms with E-state index < -0.39 is 36.0 Å². The quantitative estimate of drug-likeness (QED) is 0.0798. The summed E-state index contributed by atoms with van der Waals surface area (Å²) in [6.45, 7) is 12.9. The van der Waals surface area contributed by atoms with E-state index in [1.807, 2.05) is 20.8 Å². The monoisotopic (exact) mass is 718 g/mol. The number of likely N-dealkylation sites (tertiary alicyclic amines) is 1. The Labute approximate surface area is 299 Å². The minimum absolute atomic E-state index is 0.00343. The van der Waals surface area contributed by atoms with E-state index in [1.165, 1.54) is 4.90 Å². The SMILES string of the molecule is CC(C)C(=O)OCc1ccc(NC(=O)[C@H](CCCNC(N)=O)NC(=O)[C@@H](NC(=O)OCCOCCN2C(=O)CC(C(C)(C)C)C2=O)C(C)C)cc1. The van der Waals surface area contributed by atoms with Gasteiger partial charge in [-0.15, -0.1) is 0 Å². The van der Waals surface area contributed by atoms with E-state index in [0.29, 0.717) is 12.1 Å². The third-order valence-electron chi connectivity index (χ3n) is 8.11. The van der Waals surface area contributed by atoms with Crippen LogP contribution < -0.4 is 27.0 Å². The molecule has 0 aliphatic carbocycles. The molecule has 1 unspecified atom stereocenters. The van der Waals surface area contributed by atoms with Gasteiger partial charge >= 0.3 is 18.1 Å². The number of rotatable bonds is 19. The number of imide groups is 1. The van der Waals surface area contributed by atoms with Crippen LogP contribution in [0.25, 0.3) is 0 Å². The summed E-state index contributed by atoms with van der Waals surface area (Å²) in [6.07, 6.45) is -0.266. The minimum Gasteiger partial charge on any atom is -0.461 e. The average Bonchev–Trinajstić information content (AvgIpc) is 3.34. The fourth-order valence-corrected chi connectivity index (χ4v) is 5.03. The smallest absolute Gasteiger partial charge is 0.407 e. The van der Waals surface area contributed by atoms with E-state index >= 15 is 0 Å². The number of nitrogens with two attached hydrogens (primary N) is 1. The van der Waals surface area contributed by atoms with Gasteiger partial charge in [0.2, 0.25) is 23.6 Å². The zero-order valence-corrected chi connectivity index (χ0v) is 30.7. The summed E-state index contributed by atoms with van der Waals surface area (Å²) >= 11 is 0. The molecule has 7 amide bonds. The number of nitrogens with zero attached hydrogens (tertiary/aromatic N) is 1. The van der Waals surface area contributed by atoms with Gasteiger partial charge in [-0.1, -0.05) is 60.6 Å². The second-order valence-electron chi connectivity index (χ2n) is 14.1. The molecule has 0 saturated carbocycles. The fraction of sp³-hybridized carbons (Fsp3) is 0.629. The summed E-state index contributed by atoms with van der Waals surface area (Å²) in [5.41, 5.74) is 5.96. The Morgan fingerprint density at radius 2 is 1.59 bits per heavy atom. The number of alkyl carbamates (subject to hydrolysis) is 1. The molecular weight excluding hydrogens is 664 g/mol. The van der Waals surface area contributed by atoms with Crippen LogP contribution in [-0.4, -0.2) is 91.6 Å². The Balaban J connectivity index is 1.90. The first-order valence-corrected chi connectivity index (χ1v) is 17.2. The Morgan fingerprint density at radius 1 is 0.922 bits per heavy atom. The highest BCUT2D eigenvalue weighted by Gasteiger charge is 2.44. The lowest BCUT2D eigenvalue weighted by atomic mass is 9.80. The van der Waals surface area contributed by atoms with Crippen molar-refractivity contribution in [3.05, 3.63) is 29.8 Å². The zero-order valence-electron chi connectivity index (χ0n) is 30.7. The number of carbonyl (C=O) groups excluding carboxylic acids is 7. The molecule has 6 N–H and O–H groups in total. The lowest BCUT2D eigenvalue weighted by Gasteiger charge is -2.25. The van der Waals surface area contributed by atoms with Crippen molar-refractivity contribution in [2.75, 3.05) is 38.2 Å². The summed E-state index contributed by atoms with van der Waals surface area (Å²) < 4.78 is 15.9. The largest absolute Gasteiger partial charge is 0.461 e. The first kappa shape index (κ1) is 42.4. The number of carbonyl (C=O) groups is 7. The topological polar surface area (TPSA) is 225 Å². The molecule has 1 aliphatic rings. The number of ether oxygens (including phenoxy) is 3. The Hall–Kier alpha value is -4.73. The molecule has 284 valence electrons. The molecule has 0 bridgehead atoms. The third kappa shape index (κ3) is 14.6. The standard InChI is InChI=1S/C35H54N6O10/c1-21(2)28(40-34(48)50-18-17-49-16-15-41-27(42)19-25(31(41)45)35(5,6)7)30(44)39-26(9-8-14-37-33(36)47)29(43)38-24-12-10-23(11-13-24)20-51-32(46)22(3)4/h10-13,21-22,25-26,28H,8-9,14-20H2,1-7H3,(H,38,43)(H,39,44)(H,40,48)(H3,36,37,47)/t25?,26-,28-/m0/s1. The molecule has 0 spiro atoms. The van der Waals surface area contributed by atoms with Gasteiger partial charge in [0.25, 0.3) is 0 Å². The summed E-state index contributed by atoms with van der Waals surface area (Å²) in [5, 5.41) is 10.4. The van der Waals surface area contributed by atoms with Crippen LogP contribution in [0, 0.1) is 23.2 Å². The van der Waals surface area contributed by atoms with Crippen LogP contribution in [0.15, 0.2) is 24.3 Å². The number of benzene rings is 1. The molecule has 3 atom stereocenters. The first-order chi connectivity index (χ1) is 23.9. The molecule has 0 radical (unpaired) electrons. The summed E-state index contributed by atoms with van der Waals surface area (Å²) in [5.74, 6) is -2.97. The molecule has 1 fully saturated rings. The maximum Gasteiger partial charge on any atom is 0.407 e. The number of amides is 7. The Morgan fingerprint density at radius 3 is 2.16 bits per heavy atom. The molecule has 51 heavy (non-hydrogen) atoms. The van der Waals surface area contributed by atoms with Gasteiger partial charge in [0.15, 0.2) is 0 Å². The first-order valence-electron chi connectivity index (χ1n) is 17.2. The van der Waals surface area contributed by atoms with Gasteiger partial charge in [-0.2, -0.15) is 0 Å². The molecule has 16 heteroatoms. The van der Waals surface area contributed by atoms with Gasteiger partial charge in [-0.3, -0.25) is 28.9 Å². The molecule has 0 aromatic heterocycles. The lowest BCUT2D eigenvalue weighted by molar-refractivity contribution is -0.148. The highest BCUT2D eigenvalue weighted by atomic mass is 16.6. The predicted octanol–water partition coefficient (Wildman–Crippen LogP) is 2.45. The number of nitrogens with one attached hydrogen (secondary N) is 4. The van der Waals surface area contributed by atoms with Gasteiger partial charge in [0.1, 0.15) is 25.3 Å². The van der Waals surface area contributed by atoms with Gasteiger partial charge in [-0.25, -0.2) is 9.59 Å². The van der Waals surface area contributed by atoms with Crippen LogP contribution in [-0.2, 0) is 44.8 Å². The molecule has 1 saturated heterocycles. The van der Waals surface area contributed by atoms with Crippen LogP contribution in [0.1, 0.15) is 73.3 Å². The van der Waals surface area contributed by atoms with Crippen LogP contribution in [0.4, 0.5) is 15.3 Å². The number of urea groups is 1. The number of hydrogen-bond donors (Lipinski definition) is 5. The number of hydrogen-bond acceptors (Lipinski definition) is 10. The maximum atomic E-state index is 13.3. The highest BCUT2D eigenvalue weighted by molar-refractivity contribution is 6.04. The molecule has 16 nitrogen and oxygen atoms in total. The second-order valence-corrected chi connectivity index (χ2v) is 14.1. The molecule has 1 aliphatic heterocycles. The minimum atomic E-state index is -1.06. The molecule has 1 aromatic rings. The van der Waals surface area contributed by atoms with Gasteiger partial charge < -0.3 is 41.2 Å². The molecule has 1 aromatic carbocycles. The third-order valence-corrected chi connectivity index (χ3v) is 8.11. The fourth-order valence-electron chi connectivity index (χ4n) is 5.03. The van der Waals surface area contributed by atoms with Gasteiger partial charge in [0, 0.05) is 18.7 Å². The van der Waals surface area contributed by atoms with Crippen LogP contribution in [0.2, 0.25) is 0 Å². The predicted molar refractivity (Wildman–Crippen MR) is 187 cm³/mol. The van der Waals surface area contributed by atoms with Crippen molar-refractivity contribution < 1.29 is 47.8 Å². The molecule has 1 heterocycles. The Bertz CT molecular complexity index is 1380. The maximum absolute atomic E-state index is 13.3. The number of esters is 1. The number of primary amides is 1. The van der Waals surface area contributed by atoms with E-state index in [9.17, 15) is 33.6 Å². The van der Waals surface area contributed by atoms with E-state index in [2.05, 4.69) is 21.3 Å². The van der Waals surface area contributed by atoms with E-state index in [1.54, 1.807) is 52.0 Å². The number of anilines is 1. The second kappa shape index (κ2) is 20.2. The molecule has 2 rings (SSSR count). The zero-order chi connectivity index (χ0) is 38.3. The van der Waals surface area contributed by atoms with E-state index in [0.717, 1.165) is 5.56 Å². The van der Waals surface area contributed by atoms with Crippen molar-refractivity contribution in [2.45, 2.75) is 86.4 Å². The van der Waals surface area contributed by atoms with Crippen LogP contribution in [0.5, 0.6) is 0 Å². The van der Waals surface area contributed by atoms with E-state index in [-0.39, 0.29) is 93.3 Å². The van der Waals surface area contributed by atoms with Crippen molar-refractivity contribution in [3.63, 3.8) is 0 Å². The van der Waals surface area contributed by atoms with Crippen LogP contribution >= 0.6 is 0 Å². The van der Waals surface area contributed by atoms with Crippen molar-refractivity contribution in [3.8, 4) is 0 Å². The van der Waals surface area contributed by atoms with Gasteiger partial charge in [-0.05, 0) is 41.9 Å². The Kier molecular flexibility index (Phi) is 16.8. The summed E-state index contributed by atoms with van der Waals surface area (Å²) in [4.78, 5) is 88.2. The highest BCUT2D eigenvalue weighted by Crippen LogP contribution is 2.35. The van der Waals surface area contributed by atoms with Gasteiger partial charge in [0.05, 0.1) is 31.6 Å². The van der Waals surface area contributed by atoms with Crippen molar-refractivity contribution in [1.29, 1.82) is 0 Å². The van der Waals surface area contributed by atoms with Crippen molar-refractivity contribution >= 4 is 47.4 Å². The van der Waals surface area contributed by atoms with Crippen molar-refractivity contribution in [1.82, 2.24) is 20.9 Å². The molecular formula is C35H54N6O10. The summed E-state index contributed by atoms with van der Waals surface area (Å²) in [7, 11) is 0. The summed E-state index contributed by atoms with van der Waals surface area (Å²) in [6, 6.07) is 3.83.